The SMILES string of the molecule is CC(=O)O[C@H]1[C@H](OC(C)=O)[C@@H](C)OC(O)[C@H]1OC(C)=O. The van der Waals surface area contributed by atoms with Gasteiger partial charge >= 0.3 is 17.9 Å². The van der Waals surface area contributed by atoms with Gasteiger partial charge in [0.1, 0.15) is 0 Å². The fourth-order valence-corrected chi connectivity index (χ4v) is 1.99. The Morgan fingerprint density at radius 3 is 1.70 bits per heavy atom. The van der Waals surface area contributed by atoms with E-state index in [4.69, 9.17) is 18.9 Å². The van der Waals surface area contributed by atoms with E-state index in [0.29, 0.717) is 0 Å². The lowest BCUT2D eigenvalue weighted by Gasteiger charge is -2.41. The largest absolute Gasteiger partial charge is 0.456 e. The highest BCUT2D eigenvalue weighted by Gasteiger charge is 2.49. The zero-order valence-corrected chi connectivity index (χ0v) is 11.7. The van der Waals surface area contributed by atoms with Crippen molar-refractivity contribution < 1.29 is 38.4 Å². The predicted octanol–water partition coefficient (Wildman–Crippen LogP) is -0.481. The monoisotopic (exact) mass is 290 g/mol. The molecule has 0 bridgehead atoms. The second kappa shape index (κ2) is 6.67. The third kappa shape index (κ3) is 4.17. The van der Waals surface area contributed by atoms with Crippen LogP contribution in [0.2, 0.25) is 0 Å². The molecule has 0 spiro atoms. The van der Waals surface area contributed by atoms with E-state index in [1.165, 1.54) is 13.8 Å². The van der Waals surface area contributed by atoms with Gasteiger partial charge in [0.25, 0.3) is 0 Å². The average Bonchev–Trinajstić information content (AvgIpc) is 2.27. The van der Waals surface area contributed by atoms with E-state index in [9.17, 15) is 19.5 Å². The maximum Gasteiger partial charge on any atom is 0.303 e. The Labute approximate surface area is 115 Å². The summed E-state index contributed by atoms with van der Waals surface area (Å²) in [7, 11) is 0. The van der Waals surface area contributed by atoms with E-state index < -0.39 is 48.6 Å². The van der Waals surface area contributed by atoms with Gasteiger partial charge in [-0.3, -0.25) is 14.4 Å². The molecule has 1 N–H and O–H groups in total. The summed E-state index contributed by atoms with van der Waals surface area (Å²) < 4.78 is 20.1. The minimum absolute atomic E-state index is 0.611. The van der Waals surface area contributed by atoms with Crippen molar-refractivity contribution >= 4 is 17.9 Å². The number of rotatable bonds is 3. The number of esters is 3. The van der Waals surface area contributed by atoms with Crippen LogP contribution in [0.1, 0.15) is 27.7 Å². The van der Waals surface area contributed by atoms with Crippen LogP contribution in [0.5, 0.6) is 0 Å². The van der Waals surface area contributed by atoms with E-state index in [-0.39, 0.29) is 0 Å². The Morgan fingerprint density at radius 1 is 0.850 bits per heavy atom. The fraction of sp³-hybridized carbons (Fsp3) is 0.750. The lowest BCUT2D eigenvalue weighted by Crippen LogP contribution is -2.60. The molecule has 5 atom stereocenters. The second-order valence-corrected chi connectivity index (χ2v) is 4.45. The smallest absolute Gasteiger partial charge is 0.303 e. The van der Waals surface area contributed by atoms with E-state index in [2.05, 4.69) is 0 Å². The first kappa shape index (κ1) is 16.4. The zero-order valence-electron chi connectivity index (χ0n) is 11.7. The highest BCUT2D eigenvalue weighted by molar-refractivity contribution is 5.68. The summed E-state index contributed by atoms with van der Waals surface area (Å²) in [4.78, 5) is 33.3. The normalized spacial score (nSPS) is 33.1. The van der Waals surface area contributed by atoms with Crippen LogP contribution in [0, 0.1) is 0 Å². The molecule has 0 radical (unpaired) electrons. The maximum atomic E-state index is 11.2. The van der Waals surface area contributed by atoms with Gasteiger partial charge in [-0.1, -0.05) is 0 Å². The Bertz CT molecular complexity index is 365. The molecule has 0 saturated carbocycles. The standard InChI is InChI=1S/C12H18O8/c1-5-9(18-6(2)13)10(19-7(3)14)11(12(16)17-5)20-8(4)15/h5,9-12,16H,1-4H3/t5-,9-,10+,11+,12?/m1/s1. The highest BCUT2D eigenvalue weighted by atomic mass is 16.7. The summed E-state index contributed by atoms with van der Waals surface area (Å²) >= 11 is 0. The van der Waals surface area contributed by atoms with Gasteiger partial charge in [0.2, 0.25) is 0 Å². The van der Waals surface area contributed by atoms with Crippen LogP contribution >= 0.6 is 0 Å². The molecule has 1 saturated heterocycles. The quantitative estimate of drug-likeness (QED) is 0.548. The van der Waals surface area contributed by atoms with Crippen molar-refractivity contribution in [3.8, 4) is 0 Å². The van der Waals surface area contributed by atoms with Crippen molar-refractivity contribution in [1.29, 1.82) is 0 Å². The molecular formula is C12H18O8. The minimum Gasteiger partial charge on any atom is -0.456 e. The van der Waals surface area contributed by atoms with Crippen molar-refractivity contribution in [2.75, 3.05) is 0 Å². The summed E-state index contributed by atoms with van der Waals surface area (Å²) in [6, 6.07) is 0. The molecule has 0 aromatic heterocycles. The van der Waals surface area contributed by atoms with Gasteiger partial charge in [0.05, 0.1) is 6.10 Å². The maximum absolute atomic E-state index is 11.2. The summed E-state index contributed by atoms with van der Waals surface area (Å²) in [6.45, 7) is 5.01. The van der Waals surface area contributed by atoms with Crippen LogP contribution in [-0.4, -0.2) is 53.7 Å². The first-order valence-electron chi connectivity index (χ1n) is 6.07. The number of carbonyl (C=O) groups is 3. The second-order valence-electron chi connectivity index (χ2n) is 4.45. The summed E-state index contributed by atoms with van der Waals surface area (Å²) in [6.07, 6.45) is -5.60. The Balaban J connectivity index is 3.01. The number of hydrogen-bond acceptors (Lipinski definition) is 8. The van der Waals surface area contributed by atoms with Crippen LogP contribution < -0.4 is 0 Å². The van der Waals surface area contributed by atoms with Gasteiger partial charge < -0.3 is 24.1 Å². The molecule has 0 aromatic carbocycles. The Hall–Kier alpha value is -1.67. The number of hydrogen-bond donors (Lipinski definition) is 1. The van der Waals surface area contributed by atoms with E-state index >= 15 is 0 Å². The highest BCUT2D eigenvalue weighted by Crippen LogP contribution is 2.27. The molecule has 1 aliphatic heterocycles. The molecule has 0 aliphatic carbocycles. The molecule has 1 aliphatic rings. The van der Waals surface area contributed by atoms with Crippen LogP contribution in [0.15, 0.2) is 0 Å². The fourth-order valence-electron chi connectivity index (χ4n) is 1.99. The predicted molar refractivity (Wildman–Crippen MR) is 63.2 cm³/mol. The average molecular weight is 290 g/mol. The van der Waals surface area contributed by atoms with E-state index in [0.717, 1.165) is 13.8 Å². The molecule has 1 unspecified atom stereocenters. The number of ether oxygens (including phenoxy) is 4. The first-order valence-corrected chi connectivity index (χ1v) is 6.07. The summed E-state index contributed by atoms with van der Waals surface area (Å²) in [5.74, 6) is -1.96. The molecule has 8 heteroatoms. The summed E-state index contributed by atoms with van der Waals surface area (Å²) in [5, 5.41) is 9.79. The van der Waals surface area contributed by atoms with Crippen molar-refractivity contribution in [3.63, 3.8) is 0 Å². The zero-order chi connectivity index (χ0) is 15.4. The molecular weight excluding hydrogens is 272 g/mol. The number of aliphatic hydroxyl groups is 1. The van der Waals surface area contributed by atoms with Gasteiger partial charge in [0.15, 0.2) is 24.6 Å². The van der Waals surface area contributed by atoms with Gasteiger partial charge in [-0.2, -0.15) is 0 Å². The van der Waals surface area contributed by atoms with Gasteiger partial charge in [0, 0.05) is 20.8 Å². The van der Waals surface area contributed by atoms with Crippen molar-refractivity contribution in [2.24, 2.45) is 0 Å². The van der Waals surface area contributed by atoms with Crippen molar-refractivity contribution in [1.82, 2.24) is 0 Å². The van der Waals surface area contributed by atoms with Crippen LogP contribution in [0.4, 0.5) is 0 Å². The molecule has 20 heavy (non-hydrogen) atoms. The minimum atomic E-state index is -1.48. The third-order valence-corrected chi connectivity index (χ3v) is 2.65. The molecule has 1 fully saturated rings. The van der Waals surface area contributed by atoms with Crippen molar-refractivity contribution in [2.45, 2.75) is 58.4 Å². The third-order valence-electron chi connectivity index (χ3n) is 2.65. The topological polar surface area (TPSA) is 108 Å². The van der Waals surface area contributed by atoms with Crippen LogP contribution in [0.3, 0.4) is 0 Å². The first-order chi connectivity index (χ1) is 9.22. The van der Waals surface area contributed by atoms with Crippen LogP contribution in [-0.2, 0) is 33.3 Å². The van der Waals surface area contributed by atoms with Crippen molar-refractivity contribution in [3.05, 3.63) is 0 Å². The van der Waals surface area contributed by atoms with Crippen LogP contribution in [0.25, 0.3) is 0 Å². The molecule has 0 amide bonds. The van der Waals surface area contributed by atoms with Gasteiger partial charge in [-0.05, 0) is 6.92 Å². The Morgan fingerprint density at radius 2 is 1.25 bits per heavy atom. The molecule has 8 nitrogen and oxygen atoms in total. The molecule has 1 heterocycles. The van der Waals surface area contributed by atoms with E-state index in [1.807, 2.05) is 0 Å². The Kier molecular flexibility index (Phi) is 5.46. The lowest BCUT2D eigenvalue weighted by atomic mass is 9.99. The number of aliphatic hydroxyl groups excluding tert-OH is 1. The molecule has 114 valence electrons. The lowest BCUT2D eigenvalue weighted by molar-refractivity contribution is -0.288. The summed E-state index contributed by atoms with van der Waals surface area (Å²) in [5.41, 5.74) is 0. The van der Waals surface area contributed by atoms with Gasteiger partial charge in [-0.25, -0.2) is 0 Å². The molecule has 1 rings (SSSR count). The number of carbonyl (C=O) groups excluding carboxylic acids is 3. The molecule has 0 aromatic rings. The van der Waals surface area contributed by atoms with Gasteiger partial charge in [-0.15, -0.1) is 0 Å². The van der Waals surface area contributed by atoms with E-state index in [1.54, 1.807) is 0 Å².